The largest absolute Gasteiger partial charge is 0.417 e. The Balaban J connectivity index is 2.82. The molecule has 0 aliphatic heterocycles. The second-order valence-corrected chi connectivity index (χ2v) is 9.05. The summed E-state index contributed by atoms with van der Waals surface area (Å²) in [6.45, 7) is 6.14. The van der Waals surface area contributed by atoms with Crippen molar-refractivity contribution in [2.24, 2.45) is 0 Å². The number of nitrogens with one attached hydrogen (secondary N) is 1. The van der Waals surface area contributed by atoms with E-state index in [4.69, 9.17) is 0 Å². The molecule has 0 fully saturated rings. The Kier molecular flexibility index (Phi) is 3.08. The van der Waals surface area contributed by atoms with Crippen LogP contribution in [0.3, 0.4) is 0 Å². The molecule has 0 bridgehead atoms. The molecule has 0 aliphatic carbocycles. The number of alkyl halides is 3. The molecule has 1 heterocycles. The standard InChI is InChI=1S/C9H13F3N2Si/c1-15(2,3)14-8-5-4-7(6-13-8)9(10,11)12/h4-6H,1-3H3,(H,13,14). The van der Waals surface area contributed by atoms with Crippen LogP contribution in [0.15, 0.2) is 18.3 Å². The van der Waals surface area contributed by atoms with Crippen molar-refractivity contribution in [1.82, 2.24) is 4.98 Å². The highest BCUT2D eigenvalue weighted by Crippen LogP contribution is 2.28. The van der Waals surface area contributed by atoms with Gasteiger partial charge in [0, 0.05) is 6.20 Å². The molecule has 1 N–H and O–H groups in total. The lowest BCUT2D eigenvalue weighted by molar-refractivity contribution is -0.137. The van der Waals surface area contributed by atoms with Gasteiger partial charge in [-0.05, 0) is 12.1 Å². The number of anilines is 1. The average Bonchev–Trinajstić information content (AvgIpc) is 2.00. The smallest absolute Gasteiger partial charge is 0.396 e. The fourth-order valence-corrected chi connectivity index (χ4v) is 1.94. The molecule has 84 valence electrons. The van der Waals surface area contributed by atoms with Gasteiger partial charge in [-0.1, -0.05) is 19.6 Å². The summed E-state index contributed by atoms with van der Waals surface area (Å²) >= 11 is 0. The Morgan fingerprint density at radius 2 is 1.80 bits per heavy atom. The van der Waals surface area contributed by atoms with Gasteiger partial charge < -0.3 is 4.98 Å². The van der Waals surface area contributed by atoms with E-state index in [1.54, 1.807) is 0 Å². The Morgan fingerprint density at radius 3 is 2.13 bits per heavy atom. The van der Waals surface area contributed by atoms with E-state index < -0.39 is 20.0 Å². The van der Waals surface area contributed by atoms with E-state index in [0.717, 1.165) is 12.3 Å². The summed E-state index contributed by atoms with van der Waals surface area (Å²) in [7, 11) is -1.56. The van der Waals surface area contributed by atoms with Crippen molar-refractivity contribution in [3.8, 4) is 0 Å². The maximum Gasteiger partial charge on any atom is 0.417 e. The minimum atomic E-state index is -4.31. The molecule has 0 saturated heterocycles. The van der Waals surface area contributed by atoms with Gasteiger partial charge in [0.05, 0.1) is 5.56 Å². The minimum absolute atomic E-state index is 0.502. The van der Waals surface area contributed by atoms with Gasteiger partial charge in [-0.2, -0.15) is 13.2 Å². The third-order valence-corrected chi connectivity index (χ3v) is 2.60. The topological polar surface area (TPSA) is 24.9 Å². The molecule has 6 heteroatoms. The molecule has 0 amide bonds. The first-order valence-corrected chi connectivity index (χ1v) is 8.00. The molecular formula is C9H13F3N2Si. The summed E-state index contributed by atoms with van der Waals surface area (Å²) in [4.78, 5) is 6.85. The van der Waals surface area contributed by atoms with Crippen LogP contribution >= 0.6 is 0 Å². The number of hydrogen-bond acceptors (Lipinski definition) is 2. The molecule has 0 atom stereocenters. The Labute approximate surface area is 87.6 Å². The highest BCUT2D eigenvalue weighted by atomic mass is 28.3. The highest BCUT2D eigenvalue weighted by Gasteiger charge is 2.30. The van der Waals surface area contributed by atoms with Crippen molar-refractivity contribution in [2.75, 3.05) is 4.98 Å². The SMILES string of the molecule is C[Si](C)(C)Nc1ccc(C(F)(F)F)cn1. The number of halogens is 3. The van der Waals surface area contributed by atoms with Gasteiger partial charge in [-0.15, -0.1) is 0 Å². The fourth-order valence-electron chi connectivity index (χ4n) is 1.02. The van der Waals surface area contributed by atoms with E-state index >= 15 is 0 Å². The monoisotopic (exact) mass is 234 g/mol. The second kappa shape index (κ2) is 3.84. The first kappa shape index (κ1) is 12.0. The summed E-state index contributed by atoms with van der Waals surface area (Å²) in [6.07, 6.45) is -3.47. The van der Waals surface area contributed by atoms with Gasteiger partial charge >= 0.3 is 6.18 Å². The molecule has 2 nitrogen and oxygen atoms in total. The lowest BCUT2D eigenvalue weighted by atomic mass is 10.3. The van der Waals surface area contributed by atoms with Crippen molar-refractivity contribution in [1.29, 1.82) is 0 Å². The molecule has 0 saturated carbocycles. The van der Waals surface area contributed by atoms with E-state index in [0.29, 0.717) is 5.82 Å². The van der Waals surface area contributed by atoms with Gasteiger partial charge in [-0.25, -0.2) is 4.98 Å². The molecule has 1 rings (SSSR count). The van der Waals surface area contributed by atoms with Gasteiger partial charge in [0.25, 0.3) is 0 Å². The van der Waals surface area contributed by atoms with Crippen LogP contribution in [0.2, 0.25) is 19.6 Å². The van der Waals surface area contributed by atoms with E-state index in [-0.39, 0.29) is 0 Å². The number of pyridine rings is 1. The van der Waals surface area contributed by atoms with Crippen molar-refractivity contribution < 1.29 is 13.2 Å². The van der Waals surface area contributed by atoms with Gasteiger partial charge in [0.15, 0.2) is 0 Å². The van der Waals surface area contributed by atoms with E-state index in [9.17, 15) is 13.2 Å². The molecule has 1 aromatic heterocycles. The predicted octanol–water partition coefficient (Wildman–Crippen LogP) is 3.35. The molecule has 15 heavy (non-hydrogen) atoms. The number of rotatable bonds is 2. The van der Waals surface area contributed by atoms with E-state index in [1.807, 2.05) is 19.6 Å². The van der Waals surface area contributed by atoms with Crippen LogP contribution in [-0.2, 0) is 6.18 Å². The Hall–Kier alpha value is -1.04. The quantitative estimate of drug-likeness (QED) is 0.794. The zero-order chi connectivity index (χ0) is 11.7. The van der Waals surface area contributed by atoms with Crippen molar-refractivity contribution in [3.05, 3.63) is 23.9 Å². The van der Waals surface area contributed by atoms with Crippen LogP contribution in [-0.4, -0.2) is 13.2 Å². The molecule has 0 unspecified atom stereocenters. The van der Waals surface area contributed by atoms with Crippen LogP contribution < -0.4 is 4.98 Å². The summed E-state index contributed by atoms with van der Waals surface area (Å²) in [5, 5.41) is 0. The summed E-state index contributed by atoms with van der Waals surface area (Å²) in [5.74, 6) is 0.502. The van der Waals surface area contributed by atoms with Crippen molar-refractivity contribution in [3.63, 3.8) is 0 Å². The van der Waals surface area contributed by atoms with E-state index in [1.165, 1.54) is 6.07 Å². The van der Waals surface area contributed by atoms with Crippen LogP contribution in [0.4, 0.5) is 19.0 Å². The van der Waals surface area contributed by atoms with Gasteiger partial charge in [0.1, 0.15) is 14.1 Å². The van der Waals surface area contributed by atoms with Crippen molar-refractivity contribution >= 4 is 14.1 Å². The zero-order valence-electron chi connectivity index (χ0n) is 8.81. The summed E-state index contributed by atoms with van der Waals surface area (Å²) in [6, 6.07) is 2.40. The number of hydrogen-bond donors (Lipinski definition) is 1. The molecular weight excluding hydrogens is 221 g/mol. The fraction of sp³-hybridized carbons (Fsp3) is 0.444. The summed E-state index contributed by atoms with van der Waals surface area (Å²) < 4.78 is 36.6. The maximum atomic E-state index is 12.2. The van der Waals surface area contributed by atoms with Crippen LogP contribution in [0.1, 0.15) is 5.56 Å². The van der Waals surface area contributed by atoms with E-state index in [2.05, 4.69) is 9.97 Å². The maximum absolute atomic E-state index is 12.2. The van der Waals surface area contributed by atoms with Crippen LogP contribution in [0.25, 0.3) is 0 Å². The first-order valence-electron chi connectivity index (χ1n) is 4.50. The number of nitrogens with zero attached hydrogens (tertiary/aromatic N) is 1. The van der Waals surface area contributed by atoms with Gasteiger partial charge in [0.2, 0.25) is 0 Å². The molecule has 0 aromatic carbocycles. The molecule has 1 aromatic rings. The Morgan fingerprint density at radius 1 is 1.20 bits per heavy atom. The lowest BCUT2D eigenvalue weighted by Crippen LogP contribution is -2.32. The van der Waals surface area contributed by atoms with Crippen LogP contribution in [0.5, 0.6) is 0 Å². The Bertz CT molecular complexity index is 327. The third-order valence-electron chi connectivity index (χ3n) is 1.59. The van der Waals surface area contributed by atoms with Crippen LogP contribution in [0, 0.1) is 0 Å². The van der Waals surface area contributed by atoms with Crippen molar-refractivity contribution in [2.45, 2.75) is 25.8 Å². The average molecular weight is 234 g/mol. The second-order valence-electron chi connectivity index (χ2n) is 4.30. The normalized spacial score (nSPS) is 12.7. The third kappa shape index (κ3) is 3.91. The minimum Gasteiger partial charge on any atom is -0.396 e. The first-order chi connectivity index (χ1) is 6.68. The molecule has 0 spiro atoms. The lowest BCUT2D eigenvalue weighted by Gasteiger charge is -2.18. The molecule has 0 aliphatic rings. The zero-order valence-corrected chi connectivity index (χ0v) is 9.81. The predicted molar refractivity (Wildman–Crippen MR) is 56.2 cm³/mol. The number of aromatic nitrogens is 1. The van der Waals surface area contributed by atoms with Gasteiger partial charge in [-0.3, -0.25) is 0 Å². The highest BCUT2D eigenvalue weighted by molar-refractivity contribution is 6.79. The molecule has 0 radical (unpaired) electrons. The summed E-state index contributed by atoms with van der Waals surface area (Å²) in [5.41, 5.74) is -0.719.